The van der Waals surface area contributed by atoms with E-state index in [2.05, 4.69) is 32.9 Å². The first-order chi connectivity index (χ1) is 12.8. The van der Waals surface area contributed by atoms with Gasteiger partial charge in [-0.2, -0.15) is 36.7 Å². The Balaban J connectivity index is 2.42. The lowest BCUT2D eigenvalue weighted by Gasteiger charge is -2.39. The molecule has 1 aliphatic rings. The third-order valence-corrected chi connectivity index (χ3v) is 5.23. The number of nitrogens with zero attached hydrogens (tertiary/aromatic N) is 3. The lowest BCUT2D eigenvalue weighted by molar-refractivity contribution is -0.143. The molecule has 1 N–H and O–H groups in total. The van der Waals surface area contributed by atoms with Gasteiger partial charge in [0.05, 0.1) is 32.7 Å². The fourth-order valence-corrected chi connectivity index (χ4v) is 3.76. The van der Waals surface area contributed by atoms with Crippen LogP contribution in [0, 0.1) is 11.3 Å². The van der Waals surface area contributed by atoms with Gasteiger partial charge in [-0.25, -0.2) is 4.68 Å². The van der Waals surface area contributed by atoms with E-state index >= 15 is 0 Å². The lowest BCUT2D eigenvalue weighted by atomic mass is 9.82. The molecule has 0 spiro atoms. The highest BCUT2D eigenvalue weighted by atomic mass is 79.9. The second-order valence-corrected chi connectivity index (χ2v) is 7.18. The van der Waals surface area contributed by atoms with Gasteiger partial charge in [0.15, 0.2) is 5.69 Å². The highest BCUT2D eigenvalue weighted by molar-refractivity contribution is 9.10. The van der Waals surface area contributed by atoms with Crippen LogP contribution in [0.4, 0.5) is 32.2 Å². The number of nitriles is 1. The van der Waals surface area contributed by atoms with E-state index in [1.54, 1.807) is 6.07 Å². The fraction of sp³-hybridized carbons (Fsp3) is 0.250. The number of hydrogen-bond donors (Lipinski definition) is 1. The predicted octanol–water partition coefficient (Wildman–Crippen LogP) is 5.94. The Labute approximate surface area is 167 Å². The highest BCUT2D eigenvalue weighted by Crippen LogP contribution is 2.50. The Morgan fingerprint density at radius 3 is 2.46 bits per heavy atom. The maximum absolute atomic E-state index is 13.3. The summed E-state index contributed by atoms with van der Waals surface area (Å²) in [6.45, 7) is 3.39. The van der Waals surface area contributed by atoms with Crippen molar-refractivity contribution in [1.82, 2.24) is 9.78 Å². The highest BCUT2D eigenvalue weighted by Gasteiger charge is 2.48. The average Bonchev–Trinajstić information content (AvgIpc) is 2.88. The predicted molar refractivity (Wildman–Crippen MR) is 92.2 cm³/mol. The van der Waals surface area contributed by atoms with Crippen LogP contribution in [0.1, 0.15) is 23.2 Å². The molecule has 28 heavy (non-hydrogen) atoms. The monoisotopic (exact) mass is 484 g/mol. The van der Waals surface area contributed by atoms with E-state index in [-0.39, 0.29) is 21.7 Å². The van der Waals surface area contributed by atoms with Crippen LogP contribution in [0.5, 0.6) is 0 Å². The van der Waals surface area contributed by atoms with Gasteiger partial charge in [-0.05, 0) is 28.1 Å². The minimum absolute atomic E-state index is 0.0463. The summed E-state index contributed by atoms with van der Waals surface area (Å²) in [5.74, 6) is -0.0603. The minimum Gasteiger partial charge on any atom is -0.356 e. The molecule has 12 heteroatoms. The Morgan fingerprint density at radius 2 is 1.96 bits per heavy atom. The van der Waals surface area contributed by atoms with Crippen molar-refractivity contribution in [2.24, 2.45) is 0 Å². The Bertz CT molecular complexity index is 1020. The molecule has 1 atom stereocenters. The molecule has 1 aliphatic heterocycles. The Morgan fingerprint density at radius 1 is 1.32 bits per heavy atom. The first-order valence-corrected chi connectivity index (χ1v) is 8.59. The molecule has 0 amide bonds. The summed E-state index contributed by atoms with van der Waals surface area (Å²) in [4.78, 5) is 0. The zero-order chi connectivity index (χ0) is 21.1. The van der Waals surface area contributed by atoms with Gasteiger partial charge in [0.2, 0.25) is 0 Å². The Kier molecular flexibility index (Phi) is 4.71. The molecule has 0 saturated carbocycles. The maximum Gasteiger partial charge on any atom is 0.416 e. The van der Waals surface area contributed by atoms with Crippen LogP contribution >= 0.6 is 27.5 Å². The molecule has 0 aliphatic carbocycles. The van der Waals surface area contributed by atoms with E-state index in [9.17, 15) is 26.3 Å². The van der Waals surface area contributed by atoms with Crippen LogP contribution in [-0.2, 0) is 11.7 Å². The number of aromatic nitrogens is 2. The summed E-state index contributed by atoms with van der Waals surface area (Å²) in [6.07, 6.45) is -10.3. The van der Waals surface area contributed by atoms with E-state index < -0.39 is 40.5 Å². The number of hydrogen-bond acceptors (Lipinski definition) is 3. The zero-order valence-corrected chi connectivity index (χ0v) is 15.9. The normalized spacial score (nSPS) is 18.7. The third kappa shape index (κ3) is 3.24. The molecule has 1 aromatic carbocycles. The van der Waals surface area contributed by atoms with Crippen molar-refractivity contribution >= 4 is 33.3 Å². The van der Waals surface area contributed by atoms with E-state index in [0.717, 1.165) is 10.8 Å². The number of halogens is 8. The van der Waals surface area contributed by atoms with Crippen molar-refractivity contribution in [2.75, 3.05) is 5.32 Å². The molecule has 0 fully saturated rings. The van der Waals surface area contributed by atoms with Crippen molar-refractivity contribution in [1.29, 1.82) is 5.26 Å². The first kappa shape index (κ1) is 20.5. The molecule has 0 radical (unpaired) electrons. The van der Waals surface area contributed by atoms with Gasteiger partial charge < -0.3 is 5.32 Å². The summed E-state index contributed by atoms with van der Waals surface area (Å²) in [6, 6.07) is 2.91. The van der Waals surface area contributed by atoms with Gasteiger partial charge in [-0.3, -0.25) is 0 Å². The van der Waals surface area contributed by atoms with Crippen LogP contribution in [-0.4, -0.2) is 16.0 Å². The van der Waals surface area contributed by atoms with Crippen molar-refractivity contribution in [3.8, 4) is 11.8 Å². The second kappa shape index (κ2) is 6.42. The standard InChI is InChI=1S/C16H8BrClF6N4/c1-2-14(6-15(19,20)21)8-3-7(16(22,23)24)4-9(18)12(8)28-13(26-14)11(17)10(5-25)27-28/h2-4,26H,1,6H2. The van der Waals surface area contributed by atoms with Gasteiger partial charge in [0.1, 0.15) is 11.9 Å². The van der Waals surface area contributed by atoms with E-state index in [1.165, 1.54) is 0 Å². The van der Waals surface area contributed by atoms with Gasteiger partial charge in [0, 0.05) is 5.56 Å². The summed E-state index contributed by atoms with van der Waals surface area (Å²) >= 11 is 9.11. The number of fused-ring (bicyclic) bond motifs is 3. The Hall–Kier alpha value is -2.19. The number of alkyl halides is 6. The van der Waals surface area contributed by atoms with Crippen molar-refractivity contribution in [3.63, 3.8) is 0 Å². The minimum atomic E-state index is -4.84. The zero-order valence-electron chi connectivity index (χ0n) is 13.5. The summed E-state index contributed by atoms with van der Waals surface area (Å²) in [5.41, 5.74) is -4.18. The molecule has 2 aromatic rings. The number of anilines is 1. The smallest absolute Gasteiger partial charge is 0.356 e. The molecule has 148 valence electrons. The molecule has 3 rings (SSSR count). The van der Waals surface area contributed by atoms with Gasteiger partial charge >= 0.3 is 12.4 Å². The number of nitrogens with one attached hydrogen (secondary N) is 1. The number of rotatable bonds is 2. The third-order valence-electron chi connectivity index (χ3n) is 4.19. The van der Waals surface area contributed by atoms with E-state index in [0.29, 0.717) is 12.1 Å². The van der Waals surface area contributed by atoms with E-state index in [4.69, 9.17) is 16.9 Å². The quantitative estimate of drug-likeness (QED) is 0.423. The first-order valence-electron chi connectivity index (χ1n) is 7.42. The SMILES string of the molecule is C=CC1(CC(F)(F)F)Nc2c(Br)c(C#N)nn2-c2c(Cl)cc(C(F)(F)F)cc21. The van der Waals surface area contributed by atoms with Crippen LogP contribution in [0.2, 0.25) is 5.02 Å². The molecule has 1 unspecified atom stereocenters. The van der Waals surface area contributed by atoms with Crippen molar-refractivity contribution in [3.05, 3.63) is 51.1 Å². The molecular weight excluding hydrogens is 478 g/mol. The summed E-state index contributed by atoms with van der Waals surface area (Å²) in [5, 5.41) is 15.1. The van der Waals surface area contributed by atoms with Gasteiger partial charge in [0.25, 0.3) is 0 Å². The van der Waals surface area contributed by atoms with Gasteiger partial charge in [-0.15, -0.1) is 6.58 Å². The molecule has 1 aromatic heterocycles. The largest absolute Gasteiger partial charge is 0.416 e. The fourth-order valence-electron chi connectivity index (χ4n) is 3.03. The van der Waals surface area contributed by atoms with Crippen molar-refractivity contribution in [2.45, 2.75) is 24.3 Å². The van der Waals surface area contributed by atoms with Crippen LogP contribution in [0.3, 0.4) is 0 Å². The van der Waals surface area contributed by atoms with Crippen LogP contribution < -0.4 is 5.32 Å². The molecule has 2 heterocycles. The molecule has 0 bridgehead atoms. The topological polar surface area (TPSA) is 53.6 Å². The lowest BCUT2D eigenvalue weighted by Crippen LogP contribution is -2.42. The second-order valence-electron chi connectivity index (χ2n) is 5.98. The van der Waals surface area contributed by atoms with Crippen LogP contribution in [0.25, 0.3) is 5.69 Å². The summed E-state index contributed by atoms with van der Waals surface area (Å²) < 4.78 is 80.8. The maximum atomic E-state index is 13.3. The average molecular weight is 486 g/mol. The molecular formula is C16H8BrClF6N4. The molecule has 4 nitrogen and oxygen atoms in total. The van der Waals surface area contributed by atoms with Gasteiger partial charge in [-0.1, -0.05) is 17.7 Å². The molecule has 0 saturated heterocycles. The van der Waals surface area contributed by atoms with E-state index in [1.807, 2.05) is 0 Å². The van der Waals surface area contributed by atoms with Crippen LogP contribution in [0.15, 0.2) is 29.3 Å². The van der Waals surface area contributed by atoms with Crippen molar-refractivity contribution < 1.29 is 26.3 Å². The summed E-state index contributed by atoms with van der Waals surface area (Å²) in [7, 11) is 0. The number of benzene rings is 1.